The molecule has 0 heterocycles. The van der Waals surface area contributed by atoms with Crippen LogP contribution in [0.15, 0.2) is 18.2 Å². The lowest BCUT2D eigenvalue weighted by Gasteiger charge is -2.25. The van der Waals surface area contributed by atoms with Crippen molar-refractivity contribution in [2.45, 2.75) is 45.1 Å². The molecule has 0 aromatic heterocycles. The first-order chi connectivity index (χ1) is 8.65. The van der Waals surface area contributed by atoms with Crippen molar-refractivity contribution in [3.63, 3.8) is 0 Å². The van der Waals surface area contributed by atoms with E-state index in [1.165, 1.54) is 46.8 Å². The van der Waals surface area contributed by atoms with E-state index in [1.807, 2.05) is 0 Å². The second kappa shape index (κ2) is 5.12. The number of aryl methyl sites for hydroxylation is 1. The molecule has 4 unspecified atom stereocenters. The molecule has 2 fully saturated rings. The molecular formula is C16H22IN. The summed E-state index contributed by atoms with van der Waals surface area (Å²) in [7, 11) is 0. The van der Waals surface area contributed by atoms with Gasteiger partial charge in [-0.1, -0.05) is 24.6 Å². The van der Waals surface area contributed by atoms with Crippen LogP contribution >= 0.6 is 22.6 Å². The van der Waals surface area contributed by atoms with Gasteiger partial charge >= 0.3 is 0 Å². The number of benzene rings is 1. The molecule has 2 heteroatoms. The van der Waals surface area contributed by atoms with Crippen molar-refractivity contribution >= 4 is 22.6 Å². The van der Waals surface area contributed by atoms with Gasteiger partial charge in [0, 0.05) is 9.61 Å². The zero-order valence-electron chi connectivity index (χ0n) is 11.0. The Balaban J connectivity index is 1.71. The standard InChI is InChI=1S/C16H22IN/c1-10-3-2-4-14(16(10)17)15(18)9-13-8-11-5-6-12(13)7-11/h2-4,11-13,15H,5-9,18H2,1H3. The van der Waals surface area contributed by atoms with Gasteiger partial charge in [-0.3, -0.25) is 0 Å². The molecule has 2 aliphatic carbocycles. The van der Waals surface area contributed by atoms with E-state index < -0.39 is 0 Å². The molecule has 1 aromatic rings. The van der Waals surface area contributed by atoms with Crippen LogP contribution in [0.3, 0.4) is 0 Å². The Kier molecular flexibility index (Phi) is 3.68. The van der Waals surface area contributed by atoms with Crippen LogP contribution in [0.2, 0.25) is 0 Å². The van der Waals surface area contributed by atoms with Gasteiger partial charge in [0.05, 0.1) is 0 Å². The molecule has 1 nitrogen and oxygen atoms in total. The molecule has 1 aromatic carbocycles. The van der Waals surface area contributed by atoms with Gasteiger partial charge in [-0.15, -0.1) is 0 Å². The summed E-state index contributed by atoms with van der Waals surface area (Å²) in [6.45, 7) is 2.18. The lowest BCUT2D eigenvalue weighted by atomic mass is 9.83. The number of hydrogen-bond acceptors (Lipinski definition) is 1. The summed E-state index contributed by atoms with van der Waals surface area (Å²) in [6, 6.07) is 6.77. The van der Waals surface area contributed by atoms with Gasteiger partial charge in [-0.2, -0.15) is 0 Å². The summed E-state index contributed by atoms with van der Waals surface area (Å²) in [5.41, 5.74) is 9.19. The molecule has 4 atom stereocenters. The van der Waals surface area contributed by atoms with Crippen molar-refractivity contribution in [1.29, 1.82) is 0 Å². The van der Waals surface area contributed by atoms with Crippen molar-refractivity contribution in [3.8, 4) is 0 Å². The van der Waals surface area contributed by atoms with E-state index in [2.05, 4.69) is 47.7 Å². The lowest BCUT2D eigenvalue weighted by Crippen LogP contribution is -2.20. The van der Waals surface area contributed by atoms with Crippen LogP contribution in [-0.2, 0) is 0 Å². The SMILES string of the molecule is Cc1cccc(C(N)CC2CC3CCC2C3)c1I. The van der Waals surface area contributed by atoms with Gasteiger partial charge < -0.3 is 5.73 Å². The second-order valence-corrected chi connectivity index (χ2v) is 7.33. The zero-order valence-corrected chi connectivity index (χ0v) is 13.2. The van der Waals surface area contributed by atoms with Gasteiger partial charge in [-0.25, -0.2) is 0 Å². The van der Waals surface area contributed by atoms with Crippen LogP contribution in [-0.4, -0.2) is 0 Å². The Morgan fingerprint density at radius 1 is 1.33 bits per heavy atom. The van der Waals surface area contributed by atoms with Crippen molar-refractivity contribution in [1.82, 2.24) is 0 Å². The minimum Gasteiger partial charge on any atom is -0.324 e. The van der Waals surface area contributed by atoms with Gasteiger partial charge in [0.15, 0.2) is 0 Å². The lowest BCUT2D eigenvalue weighted by molar-refractivity contribution is 0.296. The van der Waals surface area contributed by atoms with Crippen molar-refractivity contribution in [3.05, 3.63) is 32.9 Å². The molecule has 2 N–H and O–H groups in total. The first kappa shape index (κ1) is 12.9. The third-order valence-corrected chi connectivity index (χ3v) is 6.54. The fourth-order valence-electron chi connectivity index (χ4n) is 4.07. The van der Waals surface area contributed by atoms with Gasteiger partial charge in [0.25, 0.3) is 0 Å². The van der Waals surface area contributed by atoms with Gasteiger partial charge in [0.1, 0.15) is 0 Å². The highest BCUT2D eigenvalue weighted by Crippen LogP contribution is 2.50. The van der Waals surface area contributed by atoms with Crippen molar-refractivity contribution in [2.24, 2.45) is 23.5 Å². The molecule has 18 heavy (non-hydrogen) atoms. The largest absolute Gasteiger partial charge is 0.324 e. The maximum absolute atomic E-state index is 6.47. The summed E-state index contributed by atoms with van der Waals surface area (Å²) in [6.07, 6.45) is 7.08. The molecule has 0 saturated heterocycles. The highest BCUT2D eigenvalue weighted by atomic mass is 127. The molecule has 2 bridgehead atoms. The average molecular weight is 355 g/mol. The van der Waals surface area contributed by atoms with E-state index in [0.717, 1.165) is 17.8 Å². The highest BCUT2D eigenvalue weighted by molar-refractivity contribution is 14.1. The summed E-state index contributed by atoms with van der Waals surface area (Å²) in [4.78, 5) is 0. The second-order valence-electron chi connectivity index (χ2n) is 6.26. The molecule has 0 spiro atoms. The summed E-state index contributed by atoms with van der Waals surface area (Å²) in [5, 5.41) is 0. The summed E-state index contributed by atoms with van der Waals surface area (Å²) in [5.74, 6) is 2.92. The van der Waals surface area contributed by atoms with Crippen LogP contribution < -0.4 is 5.73 Å². The Morgan fingerprint density at radius 2 is 2.17 bits per heavy atom. The van der Waals surface area contributed by atoms with Gasteiger partial charge in [-0.05, 0) is 84.1 Å². The molecule has 0 amide bonds. The maximum atomic E-state index is 6.47. The average Bonchev–Trinajstić information content (AvgIpc) is 2.94. The van der Waals surface area contributed by atoms with E-state index in [9.17, 15) is 0 Å². The molecule has 2 aliphatic rings. The first-order valence-electron chi connectivity index (χ1n) is 7.15. The minimum atomic E-state index is 0.237. The predicted octanol–water partition coefficient (Wildman–Crippen LogP) is 4.43. The Labute approximate surface area is 124 Å². The third-order valence-electron chi connectivity index (χ3n) is 5.06. The predicted molar refractivity (Wildman–Crippen MR) is 84.4 cm³/mol. The Hall–Kier alpha value is -0.0900. The topological polar surface area (TPSA) is 26.0 Å². The van der Waals surface area contributed by atoms with Crippen LogP contribution in [0.4, 0.5) is 0 Å². The zero-order chi connectivity index (χ0) is 12.7. The number of hydrogen-bond donors (Lipinski definition) is 1. The van der Waals surface area contributed by atoms with E-state index in [-0.39, 0.29) is 6.04 Å². The molecule has 3 rings (SSSR count). The quantitative estimate of drug-likeness (QED) is 0.798. The maximum Gasteiger partial charge on any atom is 0.0308 e. The van der Waals surface area contributed by atoms with E-state index >= 15 is 0 Å². The monoisotopic (exact) mass is 355 g/mol. The van der Waals surface area contributed by atoms with Gasteiger partial charge in [0.2, 0.25) is 0 Å². The number of halogens is 1. The van der Waals surface area contributed by atoms with Crippen LogP contribution in [0, 0.1) is 28.2 Å². The minimum absolute atomic E-state index is 0.237. The first-order valence-corrected chi connectivity index (χ1v) is 8.23. The molecule has 0 aliphatic heterocycles. The van der Waals surface area contributed by atoms with Crippen LogP contribution in [0.1, 0.15) is 49.3 Å². The molecule has 0 radical (unpaired) electrons. The molecular weight excluding hydrogens is 333 g/mol. The molecule has 2 saturated carbocycles. The number of fused-ring (bicyclic) bond motifs is 2. The fraction of sp³-hybridized carbons (Fsp3) is 0.625. The highest BCUT2D eigenvalue weighted by Gasteiger charge is 2.39. The number of nitrogens with two attached hydrogens (primary N) is 1. The summed E-state index contributed by atoms with van der Waals surface area (Å²) < 4.78 is 1.37. The van der Waals surface area contributed by atoms with Crippen LogP contribution in [0.25, 0.3) is 0 Å². The van der Waals surface area contributed by atoms with Crippen molar-refractivity contribution in [2.75, 3.05) is 0 Å². The fourth-order valence-corrected chi connectivity index (χ4v) is 4.83. The normalized spacial score (nSPS) is 31.8. The van der Waals surface area contributed by atoms with E-state index in [1.54, 1.807) is 0 Å². The van der Waals surface area contributed by atoms with E-state index in [0.29, 0.717) is 0 Å². The molecule has 98 valence electrons. The Morgan fingerprint density at radius 3 is 2.83 bits per heavy atom. The Bertz CT molecular complexity index is 443. The summed E-state index contributed by atoms with van der Waals surface area (Å²) >= 11 is 2.45. The van der Waals surface area contributed by atoms with E-state index in [4.69, 9.17) is 5.73 Å². The number of rotatable bonds is 3. The van der Waals surface area contributed by atoms with Crippen molar-refractivity contribution < 1.29 is 0 Å². The smallest absolute Gasteiger partial charge is 0.0308 e. The third kappa shape index (κ3) is 2.34. The van der Waals surface area contributed by atoms with Crippen LogP contribution in [0.5, 0.6) is 0 Å².